The van der Waals surface area contributed by atoms with Crippen molar-refractivity contribution < 1.29 is 23.4 Å². The van der Waals surface area contributed by atoms with Crippen LogP contribution in [0, 0.1) is 12.7 Å². The Bertz CT molecular complexity index is 1640. The van der Waals surface area contributed by atoms with Crippen molar-refractivity contribution in [2.75, 3.05) is 27.4 Å². The summed E-state index contributed by atoms with van der Waals surface area (Å²) in [4.78, 5) is 41.4. The Balaban J connectivity index is 1.98. The van der Waals surface area contributed by atoms with Gasteiger partial charge in [0.05, 0.1) is 32.3 Å². The molecule has 0 radical (unpaired) electrons. The highest BCUT2D eigenvalue weighted by atomic mass is 32.1. The molecule has 4 rings (SSSR count). The molecule has 2 unspecified atom stereocenters. The van der Waals surface area contributed by atoms with Crippen LogP contribution in [-0.2, 0) is 20.8 Å². The second kappa shape index (κ2) is 12.8. The maximum atomic E-state index is 14.4. The van der Waals surface area contributed by atoms with E-state index < -0.39 is 35.1 Å². The van der Waals surface area contributed by atoms with Crippen molar-refractivity contribution >= 4 is 27.5 Å². The van der Waals surface area contributed by atoms with Gasteiger partial charge in [-0.25, -0.2) is 18.4 Å². The van der Waals surface area contributed by atoms with Gasteiger partial charge < -0.3 is 19.5 Å². The topological polar surface area (TPSA) is 119 Å². The molecule has 220 valence electrons. The predicted molar refractivity (Wildman–Crippen MR) is 154 cm³/mol. The number of halogens is 1. The third-order valence-corrected chi connectivity index (χ3v) is 7.93. The van der Waals surface area contributed by atoms with Crippen LogP contribution >= 0.6 is 11.3 Å². The first-order valence-electron chi connectivity index (χ1n) is 13.1. The molecule has 0 saturated carbocycles. The van der Waals surface area contributed by atoms with Crippen LogP contribution < -0.4 is 21.3 Å². The van der Waals surface area contributed by atoms with Gasteiger partial charge >= 0.3 is 5.69 Å². The number of amides is 1. The van der Waals surface area contributed by atoms with Crippen molar-refractivity contribution in [3.05, 3.63) is 74.4 Å². The summed E-state index contributed by atoms with van der Waals surface area (Å²) in [5.74, 6) is -0.601. The standard InChI is InChI=1S/C28H34FN5O6S/c1-16(2)31-24(35)18(4)34-25(36)23-17(3)26(33-11-7-10-30-33)41-27(23)32(28(34)37)15-22(40-13-12-38-5)20-14-19(29)8-9-21(20)39-6/h7-11,14,16,18,22H,12-13,15H2,1-6H3,(H,31,35). The number of aryl methyl sites for hydroxylation is 1. The van der Waals surface area contributed by atoms with Crippen molar-refractivity contribution in [1.29, 1.82) is 0 Å². The lowest BCUT2D eigenvalue weighted by molar-refractivity contribution is -0.124. The Labute approximate surface area is 240 Å². The molecule has 1 amide bonds. The molecule has 0 bridgehead atoms. The molecule has 0 aliphatic rings. The molecule has 1 aromatic carbocycles. The fourth-order valence-corrected chi connectivity index (χ4v) is 5.87. The highest BCUT2D eigenvalue weighted by Crippen LogP contribution is 2.34. The number of thiophene rings is 1. The van der Waals surface area contributed by atoms with E-state index in [-0.39, 0.29) is 31.2 Å². The SMILES string of the molecule is COCCOC(Cn1c(=O)n(C(C)C(=O)NC(C)C)c(=O)c2c(C)c(-n3cccn3)sc21)c1cc(F)ccc1OC. The molecule has 0 saturated heterocycles. The summed E-state index contributed by atoms with van der Waals surface area (Å²) in [6, 6.07) is 4.51. The van der Waals surface area contributed by atoms with Gasteiger partial charge in [0.1, 0.15) is 33.5 Å². The zero-order chi connectivity index (χ0) is 29.8. The average Bonchev–Trinajstić information content (AvgIpc) is 3.58. The number of nitrogens with zero attached hydrogens (tertiary/aromatic N) is 4. The van der Waals surface area contributed by atoms with E-state index in [1.165, 1.54) is 55.2 Å². The number of rotatable bonds is 12. The fourth-order valence-electron chi connectivity index (χ4n) is 4.62. The van der Waals surface area contributed by atoms with E-state index in [1.54, 1.807) is 43.9 Å². The van der Waals surface area contributed by atoms with Crippen molar-refractivity contribution in [3.63, 3.8) is 0 Å². The number of benzene rings is 1. The Morgan fingerprint density at radius 1 is 1.17 bits per heavy atom. The Morgan fingerprint density at radius 2 is 1.93 bits per heavy atom. The number of hydrogen-bond acceptors (Lipinski definition) is 8. The van der Waals surface area contributed by atoms with E-state index in [2.05, 4.69) is 10.4 Å². The first-order valence-corrected chi connectivity index (χ1v) is 13.9. The summed E-state index contributed by atoms with van der Waals surface area (Å²) in [5.41, 5.74) is -0.289. The number of ether oxygens (including phenoxy) is 3. The molecule has 0 fully saturated rings. The highest BCUT2D eigenvalue weighted by Gasteiger charge is 2.29. The maximum absolute atomic E-state index is 14.4. The molecular formula is C28H34FN5O6S. The van der Waals surface area contributed by atoms with Gasteiger partial charge in [0.25, 0.3) is 5.56 Å². The monoisotopic (exact) mass is 587 g/mol. The predicted octanol–water partition coefficient (Wildman–Crippen LogP) is 3.36. The molecule has 0 aliphatic carbocycles. The third-order valence-electron chi connectivity index (χ3n) is 6.62. The van der Waals surface area contributed by atoms with Gasteiger partial charge in [-0.15, -0.1) is 0 Å². The third kappa shape index (κ3) is 6.11. The summed E-state index contributed by atoms with van der Waals surface area (Å²) in [7, 11) is 2.99. The quantitative estimate of drug-likeness (QED) is 0.253. The molecular weight excluding hydrogens is 553 g/mol. The molecule has 3 heterocycles. The van der Waals surface area contributed by atoms with E-state index in [4.69, 9.17) is 14.2 Å². The molecule has 13 heteroatoms. The zero-order valence-corrected chi connectivity index (χ0v) is 24.7. The minimum absolute atomic E-state index is 0.101. The minimum atomic E-state index is -1.10. The summed E-state index contributed by atoms with van der Waals surface area (Å²) >= 11 is 1.22. The number of methoxy groups -OCH3 is 2. The molecule has 3 aromatic heterocycles. The first-order chi connectivity index (χ1) is 19.6. The van der Waals surface area contributed by atoms with Crippen LogP contribution in [0.1, 0.15) is 44.0 Å². The normalized spacial score (nSPS) is 13.1. The van der Waals surface area contributed by atoms with Crippen LogP contribution in [0.5, 0.6) is 5.75 Å². The molecule has 0 aliphatic heterocycles. The van der Waals surface area contributed by atoms with Crippen molar-refractivity contribution in [2.45, 2.75) is 52.4 Å². The number of carbonyl (C=O) groups is 1. The zero-order valence-electron chi connectivity index (χ0n) is 23.8. The van der Waals surface area contributed by atoms with Gasteiger partial charge in [-0.1, -0.05) is 11.3 Å². The van der Waals surface area contributed by atoms with Crippen molar-refractivity contribution in [2.24, 2.45) is 0 Å². The molecule has 0 spiro atoms. The summed E-state index contributed by atoms with van der Waals surface area (Å²) < 4.78 is 35.1. The lowest BCUT2D eigenvalue weighted by atomic mass is 10.1. The number of fused-ring (bicyclic) bond motifs is 1. The van der Waals surface area contributed by atoms with Crippen LogP contribution in [0.15, 0.2) is 46.2 Å². The van der Waals surface area contributed by atoms with Gasteiger partial charge in [-0.2, -0.15) is 5.10 Å². The minimum Gasteiger partial charge on any atom is -0.496 e. The van der Waals surface area contributed by atoms with Gasteiger partial charge in [-0.3, -0.25) is 14.2 Å². The number of nitrogens with one attached hydrogen (secondary N) is 1. The summed E-state index contributed by atoms with van der Waals surface area (Å²) in [6.45, 7) is 7.17. The molecule has 4 aromatic rings. The van der Waals surface area contributed by atoms with Crippen LogP contribution in [0.4, 0.5) is 4.39 Å². The maximum Gasteiger partial charge on any atom is 0.332 e. The second-order valence-electron chi connectivity index (χ2n) is 9.81. The number of hydrogen-bond donors (Lipinski definition) is 1. The first kappa shape index (κ1) is 30.2. The lowest BCUT2D eigenvalue weighted by Crippen LogP contribution is -2.47. The van der Waals surface area contributed by atoms with Crippen LogP contribution in [0.3, 0.4) is 0 Å². The molecule has 11 nitrogen and oxygen atoms in total. The Hall–Kier alpha value is -3.81. The smallest absolute Gasteiger partial charge is 0.332 e. The van der Waals surface area contributed by atoms with E-state index in [1.807, 2.05) is 0 Å². The number of aromatic nitrogens is 4. The molecule has 2 atom stereocenters. The van der Waals surface area contributed by atoms with Gasteiger partial charge in [0.15, 0.2) is 0 Å². The van der Waals surface area contributed by atoms with Gasteiger partial charge in [-0.05, 0) is 52.0 Å². The van der Waals surface area contributed by atoms with E-state index >= 15 is 0 Å². The second-order valence-corrected chi connectivity index (χ2v) is 10.8. The van der Waals surface area contributed by atoms with E-state index in [9.17, 15) is 18.8 Å². The largest absolute Gasteiger partial charge is 0.496 e. The average molecular weight is 588 g/mol. The van der Waals surface area contributed by atoms with E-state index in [0.29, 0.717) is 26.7 Å². The van der Waals surface area contributed by atoms with Crippen LogP contribution in [-0.4, -0.2) is 58.3 Å². The summed E-state index contributed by atoms with van der Waals surface area (Å²) in [5, 5.41) is 8.01. The van der Waals surface area contributed by atoms with Crippen molar-refractivity contribution in [3.8, 4) is 10.8 Å². The summed E-state index contributed by atoms with van der Waals surface area (Å²) in [6.07, 6.45) is 2.49. The van der Waals surface area contributed by atoms with Gasteiger partial charge in [0, 0.05) is 36.7 Å². The lowest BCUT2D eigenvalue weighted by Gasteiger charge is -2.23. The van der Waals surface area contributed by atoms with Crippen LogP contribution in [0.25, 0.3) is 15.2 Å². The van der Waals surface area contributed by atoms with E-state index in [0.717, 1.165) is 4.57 Å². The number of carbonyl (C=O) groups excluding carboxylic acids is 1. The van der Waals surface area contributed by atoms with Crippen molar-refractivity contribution in [1.82, 2.24) is 24.2 Å². The highest BCUT2D eigenvalue weighted by molar-refractivity contribution is 7.21. The molecule has 1 N–H and O–H groups in total. The molecule has 41 heavy (non-hydrogen) atoms. The van der Waals surface area contributed by atoms with Gasteiger partial charge in [0.2, 0.25) is 5.91 Å². The Morgan fingerprint density at radius 3 is 2.56 bits per heavy atom. The Kier molecular flexibility index (Phi) is 9.41. The fraction of sp³-hybridized carbons (Fsp3) is 0.429. The van der Waals surface area contributed by atoms with Crippen LogP contribution in [0.2, 0.25) is 0 Å².